The molecule has 3 N–H and O–H groups in total. The van der Waals surface area contributed by atoms with Crippen LogP contribution in [0.1, 0.15) is 11.7 Å². The number of alkyl halides is 3. The first-order valence-corrected chi connectivity index (χ1v) is 6.34. The molecule has 1 aromatic rings. The normalized spacial score (nSPS) is 12.6. The topological polar surface area (TPSA) is 95.9 Å². The molecule has 9 heteroatoms. The zero-order valence-electron chi connectivity index (χ0n) is 9.85. The second-order valence-electron chi connectivity index (χ2n) is 3.68. The highest BCUT2D eigenvalue weighted by Crippen LogP contribution is 2.26. The van der Waals surface area contributed by atoms with E-state index in [9.17, 15) is 14.7 Å². The fraction of sp³-hybridized carbons (Fsp3) is 0.273. The van der Waals surface area contributed by atoms with E-state index in [2.05, 4.69) is 10.1 Å². The van der Waals surface area contributed by atoms with Gasteiger partial charge in [-0.3, -0.25) is 5.32 Å². The molecule has 0 saturated heterocycles. The minimum absolute atomic E-state index is 0.178. The highest BCUT2D eigenvalue weighted by atomic mass is 35.6. The fourth-order valence-electron chi connectivity index (χ4n) is 1.19. The van der Waals surface area contributed by atoms with Gasteiger partial charge >= 0.3 is 12.1 Å². The first-order chi connectivity index (χ1) is 9.19. The van der Waals surface area contributed by atoms with Gasteiger partial charge in [-0.05, 0) is 17.7 Å². The Labute approximate surface area is 129 Å². The van der Waals surface area contributed by atoms with Crippen molar-refractivity contribution in [1.29, 1.82) is 0 Å². The zero-order chi connectivity index (χ0) is 15.3. The van der Waals surface area contributed by atoms with Crippen LogP contribution in [0, 0.1) is 0 Å². The Morgan fingerprint density at radius 3 is 2.25 bits per heavy atom. The number of ether oxygens (including phenoxy) is 1. The van der Waals surface area contributed by atoms with Gasteiger partial charge in [-0.1, -0.05) is 46.9 Å². The molecule has 1 atom stereocenters. The van der Waals surface area contributed by atoms with Crippen molar-refractivity contribution in [2.75, 3.05) is 11.9 Å². The van der Waals surface area contributed by atoms with Gasteiger partial charge in [-0.25, -0.2) is 9.59 Å². The van der Waals surface area contributed by atoms with Gasteiger partial charge in [0.25, 0.3) is 0 Å². The number of rotatable bonds is 4. The molecule has 0 saturated carbocycles. The maximum Gasteiger partial charge on any atom is 0.411 e. The van der Waals surface area contributed by atoms with Crippen LogP contribution in [0.3, 0.4) is 0 Å². The summed E-state index contributed by atoms with van der Waals surface area (Å²) >= 11 is 16.2. The number of carbonyl (C=O) groups excluding carboxylic acids is 1. The maximum atomic E-state index is 11.3. The Morgan fingerprint density at radius 1 is 1.25 bits per heavy atom. The quantitative estimate of drug-likeness (QED) is 0.731. The molecule has 0 aliphatic heterocycles. The third-order valence-electron chi connectivity index (χ3n) is 2.07. The summed E-state index contributed by atoms with van der Waals surface area (Å²) in [5.41, 5.74) is 0.512. The Morgan fingerprint density at radius 2 is 1.80 bits per heavy atom. The molecule has 0 spiro atoms. The smallest absolute Gasteiger partial charge is 0.411 e. The fourth-order valence-corrected chi connectivity index (χ4v) is 1.36. The van der Waals surface area contributed by atoms with Gasteiger partial charge < -0.3 is 14.9 Å². The van der Waals surface area contributed by atoms with Crippen molar-refractivity contribution in [2.45, 2.75) is 9.90 Å². The largest absolute Gasteiger partial charge is 0.479 e. The van der Waals surface area contributed by atoms with Crippen LogP contribution in [0.15, 0.2) is 24.3 Å². The summed E-state index contributed by atoms with van der Waals surface area (Å²) in [4.78, 5) is 21.9. The number of carboxylic acid groups (broad SMARTS) is 1. The van der Waals surface area contributed by atoms with Crippen molar-refractivity contribution >= 4 is 52.6 Å². The number of carboxylic acids is 1. The second kappa shape index (κ2) is 6.99. The van der Waals surface area contributed by atoms with Crippen LogP contribution >= 0.6 is 34.8 Å². The third kappa shape index (κ3) is 5.83. The molecule has 0 aromatic heterocycles. The first-order valence-electron chi connectivity index (χ1n) is 5.20. The van der Waals surface area contributed by atoms with E-state index < -0.39 is 28.6 Å². The van der Waals surface area contributed by atoms with E-state index in [1.807, 2.05) is 0 Å². The Bertz CT molecular complexity index is 486. The number of benzene rings is 1. The number of anilines is 1. The van der Waals surface area contributed by atoms with Gasteiger partial charge in [0.15, 0.2) is 6.10 Å². The average molecular weight is 343 g/mol. The molecule has 0 fully saturated rings. The number of carbonyl (C=O) groups is 2. The molecule has 6 nitrogen and oxygen atoms in total. The predicted octanol–water partition coefficient (Wildman–Crippen LogP) is 2.72. The molecule has 20 heavy (non-hydrogen) atoms. The van der Waals surface area contributed by atoms with E-state index in [4.69, 9.17) is 39.9 Å². The molecule has 0 aliphatic carbocycles. The molecule has 0 heterocycles. The summed E-state index contributed by atoms with van der Waals surface area (Å²) < 4.78 is 2.94. The van der Waals surface area contributed by atoms with Crippen molar-refractivity contribution in [1.82, 2.24) is 0 Å². The number of hydrogen-bond acceptors (Lipinski definition) is 4. The van der Waals surface area contributed by atoms with Crippen molar-refractivity contribution in [3.05, 3.63) is 29.8 Å². The summed E-state index contributed by atoms with van der Waals surface area (Å²) in [5.74, 6) is -1.37. The summed E-state index contributed by atoms with van der Waals surface area (Å²) in [6, 6.07) is 5.50. The van der Waals surface area contributed by atoms with E-state index in [1.165, 1.54) is 24.3 Å². The van der Waals surface area contributed by atoms with E-state index >= 15 is 0 Å². The first kappa shape index (κ1) is 16.8. The van der Waals surface area contributed by atoms with Gasteiger partial charge in [0.1, 0.15) is 6.61 Å². The standard InChI is InChI=1S/C11H10Cl3NO5/c12-11(13,14)5-20-10(19)15-7-3-1-6(2-4-7)8(16)9(17)18/h1-4,8,16H,5H2,(H,15,19)(H,17,18)/t8-/m1/s1. The zero-order valence-corrected chi connectivity index (χ0v) is 12.1. The summed E-state index contributed by atoms with van der Waals surface area (Å²) in [6.07, 6.45) is -2.46. The van der Waals surface area contributed by atoms with Crippen molar-refractivity contribution in [2.24, 2.45) is 0 Å². The maximum absolute atomic E-state index is 11.3. The lowest BCUT2D eigenvalue weighted by atomic mass is 10.1. The molecule has 1 aromatic carbocycles. The van der Waals surface area contributed by atoms with Crippen molar-refractivity contribution in [3.63, 3.8) is 0 Å². The lowest BCUT2D eigenvalue weighted by Crippen LogP contribution is -2.21. The van der Waals surface area contributed by atoms with E-state index in [-0.39, 0.29) is 5.56 Å². The highest BCUT2D eigenvalue weighted by molar-refractivity contribution is 6.67. The predicted molar refractivity (Wildman–Crippen MR) is 74.3 cm³/mol. The SMILES string of the molecule is O=C(Nc1ccc([C@@H](O)C(=O)O)cc1)OCC(Cl)(Cl)Cl. The van der Waals surface area contributed by atoms with Crippen LogP contribution in [-0.4, -0.2) is 32.7 Å². The monoisotopic (exact) mass is 341 g/mol. The minimum Gasteiger partial charge on any atom is -0.479 e. The second-order valence-corrected chi connectivity index (χ2v) is 6.20. The Hall–Kier alpha value is -1.21. The van der Waals surface area contributed by atoms with Crippen LogP contribution in [0.2, 0.25) is 0 Å². The van der Waals surface area contributed by atoms with Crippen molar-refractivity contribution in [3.8, 4) is 0 Å². The molecule has 1 rings (SSSR count). The van der Waals surface area contributed by atoms with E-state index in [0.29, 0.717) is 5.69 Å². The van der Waals surface area contributed by atoms with Gasteiger partial charge in [0.05, 0.1) is 0 Å². The Balaban J connectivity index is 2.57. The molecule has 0 bridgehead atoms. The van der Waals surface area contributed by atoms with Gasteiger partial charge in [-0.2, -0.15) is 0 Å². The Kier molecular flexibility index (Phi) is 5.88. The van der Waals surface area contributed by atoms with Crippen LogP contribution in [0.5, 0.6) is 0 Å². The highest BCUT2D eigenvalue weighted by Gasteiger charge is 2.22. The van der Waals surface area contributed by atoms with E-state index in [1.54, 1.807) is 0 Å². The molecular formula is C11H10Cl3NO5. The van der Waals surface area contributed by atoms with E-state index in [0.717, 1.165) is 0 Å². The molecule has 0 aliphatic rings. The van der Waals surface area contributed by atoms with Crippen LogP contribution in [0.4, 0.5) is 10.5 Å². The summed E-state index contributed by atoms with van der Waals surface area (Å²) in [6.45, 7) is -0.417. The van der Waals surface area contributed by atoms with Gasteiger partial charge in [-0.15, -0.1) is 0 Å². The lowest BCUT2D eigenvalue weighted by molar-refractivity contribution is -0.146. The van der Waals surface area contributed by atoms with Crippen LogP contribution in [0.25, 0.3) is 0 Å². The number of aliphatic carboxylic acids is 1. The average Bonchev–Trinajstić information content (AvgIpc) is 2.35. The number of amides is 1. The third-order valence-corrected chi connectivity index (χ3v) is 2.40. The molecule has 110 valence electrons. The minimum atomic E-state index is -1.70. The van der Waals surface area contributed by atoms with Crippen LogP contribution < -0.4 is 5.32 Å². The molecule has 0 radical (unpaired) electrons. The molecule has 1 amide bonds. The summed E-state index contributed by atoms with van der Waals surface area (Å²) in [7, 11) is 0. The lowest BCUT2D eigenvalue weighted by Gasteiger charge is -2.12. The molecular weight excluding hydrogens is 332 g/mol. The molecule has 0 unspecified atom stereocenters. The number of aliphatic hydroxyl groups is 1. The van der Waals surface area contributed by atoms with Crippen molar-refractivity contribution < 1.29 is 24.5 Å². The van der Waals surface area contributed by atoms with Gasteiger partial charge in [0, 0.05) is 5.69 Å². The summed E-state index contributed by atoms with van der Waals surface area (Å²) in [5, 5.41) is 20.3. The number of halogens is 3. The number of nitrogens with one attached hydrogen (secondary N) is 1. The van der Waals surface area contributed by atoms with Crippen LogP contribution in [-0.2, 0) is 9.53 Å². The van der Waals surface area contributed by atoms with Gasteiger partial charge in [0.2, 0.25) is 3.79 Å². The number of aliphatic hydroxyl groups excluding tert-OH is 1. The number of hydrogen-bond donors (Lipinski definition) is 3.